The summed E-state index contributed by atoms with van der Waals surface area (Å²) in [5.74, 6) is 1.30. The van der Waals surface area contributed by atoms with Crippen molar-refractivity contribution in [3.63, 3.8) is 0 Å². The second-order valence-corrected chi connectivity index (χ2v) is 7.70. The van der Waals surface area contributed by atoms with Gasteiger partial charge in [-0.05, 0) is 38.1 Å². The molecule has 3 aromatic rings. The molecule has 4 rings (SSSR count). The van der Waals surface area contributed by atoms with Gasteiger partial charge >= 0.3 is 0 Å². The molecule has 1 aromatic carbocycles. The van der Waals surface area contributed by atoms with Gasteiger partial charge in [0.05, 0.1) is 6.26 Å². The van der Waals surface area contributed by atoms with Crippen molar-refractivity contribution in [1.29, 1.82) is 0 Å². The average Bonchev–Trinajstić information content (AvgIpc) is 3.26. The van der Waals surface area contributed by atoms with E-state index in [1.165, 1.54) is 12.3 Å². The molecule has 1 amide bonds. The maximum absolute atomic E-state index is 14.4. The van der Waals surface area contributed by atoms with Gasteiger partial charge in [0, 0.05) is 54.4 Å². The Hall–Kier alpha value is -2.93. The van der Waals surface area contributed by atoms with Gasteiger partial charge in [0.2, 0.25) is 0 Å². The molecule has 0 unspecified atom stereocenters. The summed E-state index contributed by atoms with van der Waals surface area (Å²) in [4.78, 5) is 25.6. The van der Waals surface area contributed by atoms with Gasteiger partial charge in [-0.3, -0.25) is 4.79 Å². The SMILES string of the molecule is Cc1nc(C)c(Cc2c(F)cccc2Cl)c(N2CCN(C(=O)c3ccco3)CC2)n1. The first kappa shape index (κ1) is 20.3. The lowest BCUT2D eigenvalue weighted by molar-refractivity contribution is 0.0714. The summed E-state index contributed by atoms with van der Waals surface area (Å²) in [6.07, 6.45) is 1.80. The Labute approximate surface area is 179 Å². The molecule has 0 spiro atoms. The van der Waals surface area contributed by atoms with Gasteiger partial charge in [0.15, 0.2) is 5.76 Å². The van der Waals surface area contributed by atoms with E-state index in [2.05, 4.69) is 14.9 Å². The van der Waals surface area contributed by atoms with E-state index in [9.17, 15) is 9.18 Å². The molecule has 0 saturated carbocycles. The third-order valence-electron chi connectivity index (χ3n) is 5.32. The van der Waals surface area contributed by atoms with Crippen LogP contribution in [0.15, 0.2) is 41.0 Å². The zero-order valence-corrected chi connectivity index (χ0v) is 17.6. The minimum atomic E-state index is -0.345. The first-order valence-corrected chi connectivity index (χ1v) is 10.2. The molecule has 1 aliphatic heterocycles. The van der Waals surface area contributed by atoms with Crippen LogP contribution >= 0.6 is 11.6 Å². The van der Waals surface area contributed by atoms with Crippen LogP contribution in [0.1, 0.15) is 33.2 Å². The maximum Gasteiger partial charge on any atom is 0.289 e. The molecule has 0 N–H and O–H groups in total. The van der Waals surface area contributed by atoms with Gasteiger partial charge in [-0.15, -0.1) is 0 Å². The molecule has 1 aliphatic rings. The Balaban J connectivity index is 1.58. The second-order valence-electron chi connectivity index (χ2n) is 7.29. The minimum absolute atomic E-state index is 0.118. The summed E-state index contributed by atoms with van der Waals surface area (Å²) >= 11 is 6.26. The number of rotatable bonds is 4. The average molecular weight is 429 g/mol. The highest BCUT2D eigenvalue weighted by Gasteiger charge is 2.27. The summed E-state index contributed by atoms with van der Waals surface area (Å²) in [5, 5.41) is 0.384. The Morgan fingerprint density at radius 3 is 2.53 bits per heavy atom. The summed E-state index contributed by atoms with van der Waals surface area (Å²) in [7, 11) is 0. The summed E-state index contributed by atoms with van der Waals surface area (Å²) in [6, 6.07) is 8.06. The number of nitrogens with zero attached hydrogens (tertiary/aromatic N) is 4. The number of aryl methyl sites for hydroxylation is 2. The number of carbonyl (C=O) groups excluding carboxylic acids is 1. The number of halogens is 2. The molecule has 156 valence electrons. The molecule has 8 heteroatoms. The van der Waals surface area contributed by atoms with Gasteiger partial charge in [-0.1, -0.05) is 17.7 Å². The Morgan fingerprint density at radius 1 is 1.10 bits per heavy atom. The van der Waals surface area contributed by atoms with Gasteiger partial charge in [-0.25, -0.2) is 14.4 Å². The van der Waals surface area contributed by atoms with Gasteiger partial charge in [0.25, 0.3) is 5.91 Å². The van der Waals surface area contributed by atoms with Crippen molar-refractivity contribution in [3.8, 4) is 0 Å². The third-order valence-corrected chi connectivity index (χ3v) is 5.67. The number of carbonyl (C=O) groups is 1. The highest BCUT2D eigenvalue weighted by atomic mass is 35.5. The standard InChI is InChI=1S/C22H22ClFN4O2/c1-14-16(13-17-18(23)5-3-6-19(17)24)21(26-15(2)25-14)27-8-10-28(11-9-27)22(29)20-7-4-12-30-20/h3-7,12H,8-11,13H2,1-2H3. The van der Waals surface area contributed by atoms with Crippen molar-refractivity contribution in [2.45, 2.75) is 20.3 Å². The molecule has 0 radical (unpaired) electrons. The molecule has 0 aliphatic carbocycles. The molecule has 6 nitrogen and oxygen atoms in total. The van der Waals surface area contributed by atoms with Crippen LogP contribution < -0.4 is 4.90 Å². The van der Waals surface area contributed by atoms with Crippen LogP contribution in [-0.2, 0) is 6.42 Å². The van der Waals surface area contributed by atoms with Crippen molar-refractivity contribution in [3.05, 3.63) is 75.8 Å². The normalized spacial score (nSPS) is 14.3. The van der Waals surface area contributed by atoms with Gasteiger partial charge in [0.1, 0.15) is 17.5 Å². The minimum Gasteiger partial charge on any atom is -0.459 e. The highest BCUT2D eigenvalue weighted by Crippen LogP contribution is 2.29. The van der Waals surface area contributed by atoms with Crippen LogP contribution in [0.3, 0.4) is 0 Å². The fraction of sp³-hybridized carbons (Fsp3) is 0.318. The summed E-state index contributed by atoms with van der Waals surface area (Å²) in [6.45, 7) is 6.05. The second kappa shape index (κ2) is 8.44. The lowest BCUT2D eigenvalue weighted by Crippen LogP contribution is -2.49. The van der Waals surface area contributed by atoms with E-state index in [1.807, 2.05) is 13.8 Å². The molecule has 0 atom stereocenters. The third kappa shape index (κ3) is 4.03. The van der Waals surface area contributed by atoms with Crippen molar-refractivity contribution < 1.29 is 13.6 Å². The molecular formula is C22H22ClFN4O2. The Morgan fingerprint density at radius 2 is 1.87 bits per heavy atom. The Bertz CT molecular complexity index is 1040. The predicted molar refractivity (Wildman–Crippen MR) is 113 cm³/mol. The predicted octanol–water partition coefficient (Wildman–Crippen LogP) is 4.03. The number of hydrogen-bond donors (Lipinski definition) is 0. The number of piperazine rings is 1. The van der Waals surface area contributed by atoms with Crippen LogP contribution in [0, 0.1) is 19.7 Å². The molecule has 2 aromatic heterocycles. The van der Waals surface area contributed by atoms with Gasteiger partial charge in [-0.2, -0.15) is 0 Å². The van der Waals surface area contributed by atoms with E-state index in [0.29, 0.717) is 54.8 Å². The van der Waals surface area contributed by atoms with Crippen LogP contribution in [0.4, 0.5) is 10.2 Å². The zero-order valence-electron chi connectivity index (χ0n) is 16.9. The van der Waals surface area contributed by atoms with Crippen LogP contribution in [0.5, 0.6) is 0 Å². The van der Waals surface area contributed by atoms with E-state index >= 15 is 0 Å². The zero-order chi connectivity index (χ0) is 21.3. The van der Waals surface area contributed by atoms with E-state index in [0.717, 1.165) is 17.1 Å². The number of anilines is 1. The van der Waals surface area contributed by atoms with Gasteiger partial charge < -0.3 is 14.2 Å². The molecular weight excluding hydrogens is 407 g/mol. The van der Waals surface area contributed by atoms with Crippen molar-refractivity contribution in [1.82, 2.24) is 14.9 Å². The summed E-state index contributed by atoms with van der Waals surface area (Å²) < 4.78 is 19.6. The van der Waals surface area contributed by atoms with Crippen LogP contribution in [0.2, 0.25) is 5.02 Å². The van der Waals surface area contributed by atoms with Crippen molar-refractivity contribution in [2.75, 3.05) is 31.1 Å². The van der Waals surface area contributed by atoms with Crippen molar-refractivity contribution in [2.24, 2.45) is 0 Å². The Kier molecular flexibility index (Phi) is 5.72. The number of amides is 1. The monoisotopic (exact) mass is 428 g/mol. The van der Waals surface area contributed by atoms with E-state index < -0.39 is 0 Å². The number of hydrogen-bond acceptors (Lipinski definition) is 5. The fourth-order valence-electron chi connectivity index (χ4n) is 3.74. The van der Waals surface area contributed by atoms with Crippen molar-refractivity contribution >= 4 is 23.3 Å². The smallest absolute Gasteiger partial charge is 0.289 e. The summed E-state index contributed by atoms with van der Waals surface area (Å²) in [5.41, 5.74) is 2.08. The number of benzene rings is 1. The fourth-order valence-corrected chi connectivity index (χ4v) is 3.97. The number of furan rings is 1. The first-order chi connectivity index (χ1) is 14.4. The highest BCUT2D eigenvalue weighted by molar-refractivity contribution is 6.31. The lowest BCUT2D eigenvalue weighted by atomic mass is 10.0. The lowest BCUT2D eigenvalue weighted by Gasteiger charge is -2.36. The molecule has 30 heavy (non-hydrogen) atoms. The van der Waals surface area contributed by atoms with Crippen LogP contribution in [-0.4, -0.2) is 47.0 Å². The first-order valence-electron chi connectivity index (χ1n) is 9.78. The molecule has 1 saturated heterocycles. The van der Waals surface area contributed by atoms with E-state index in [-0.39, 0.29) is 11.7 Å². The quantitative estimate of drug-likeness (QED) is 0.627. The van der Waals surface area contributed by atoms with E-state index in [1.54, 1.807) is 29.2 Å². The topological polar surface area (TPSA) is 62.5 Å². The largest absolute Gasteiger partial charge is 0.459 e. The molecule has 0 bridgehead atoms. The number of aromatic nitrogens is 2. The van der Waals surface area contributed by atoms with E-state index in [4.69, 9.17) is 16.0 Å². The molecule has 3 heterocycles. The maximum atomic E-state index is 14.4. The van der Waals surface area contributed by atoms with Crippen LogP contribution in [0.25, 0.3) is 0 Å². The molecule has 1 fully saturated rings.